The van der Waals surface area contributed by atoms with E-state index in [1.54, 1.807) is 36.8 Å². The first-order valence-corrected chi connectivity index (χ1v) is 15.4. The van der Waals surface area contributed by atoms with E-state index in [2.05, 4.69) is 60.7 Å². The molecule has 8 unspecified atom stereocenters. The third-order valence-corrected chi connectivity index (χ3v) is 12.4. The quantitative estimate of drug-likeness (QED) is 0.420. The number of rotatable bonds is 4. The van der Waals surface area contributed by atoms with E-state index in [9.17, 15) is 0 Å². The summed E-state index contributed by atoms with van der Waals surface area (Å²) in [5, 5.41) is 0. The van der Waals surface area contributed by atoms with Crippen molar-refractivity contribution in [3.63, 3.8) is 0 Å². The fourth-order valence-electron chi connectivity index (χ4n) is 11.3. The topological polar surface area (TPSA) is 0 Å². The Morgan fingerprint density at radius 3 is 1.34 bits per heavy atom. The van der Waals surface area contributed by atoms with Crippen LogP contribution in [0, 0.1) is 40.9 Å². The Hall–Kier alpha value is -1.56. The van der Waals surface area contributed by atoms with Gasteiger partial charge >= 0.3 is 0 Å². The van der Waals surface area contributed by atoms with Crippen LogP contribution in [0.25, 0.3) is 0 Å². The standard InChI is InChI=1S/C35H46/c1-3-11-25(12-4-1)27-15-9-17-31-29(27)19-21-33(31)35(23-7-8-24-35)34-22-20-30-28(16-10-18-32(30)34)26-13-5-2-6-14-26/h1-6,11-14,27-34H,7-10,15-24H2. The third-order valence-electron chi connectivity index (χ3n) is 12.4. The number of hydrogen-bond donors (Lipinski definition) is 0. The van der Waals surface area contributed by atoms with E-state index < -0.39 is 0 Å². The molecule has 0 nitrogen and oxygen atoms in total. The van der Waals surface area contributed by atoms with Crippen molar-refractivity contribution in [1.82, 2.24) is 0 Å². The fourth-order valence-corrected chi connectivity index (χ4v) is 11.3. The van der Waals surface area contributed by atoms with Gasteiger partial charge in [-0.3, -0.25) is 0 Å². The Morgan fingerprint density at radius 2 is 0.886 bits per heavy atom. The molecule has 0 saturated heterocycles. The molecule has 5 aliphatic rings. The molecular weight excluding hydrogens is 420 g/mol. The molecule has 0 amide bonds. The molecule has 7 rings (SSSR count). The van der Waals surface area contributed by atoms with Gasteiger partial charge in [0, 0.05) is 0 Å². The molecule has 0 N–H and O–H groups in total. The van der Waals surface area contributed by atoms with Crippen LogP contribution in [0.15, 0.2) is 60.7 Å². The Kier molecular flexibility index (Phi) is 6.07. The van der Waals surface area contributed by atoms with Gasteiger partial charge in [-0.1, -0.05) is 86.3 Å². The predicted octanol–water partition coefficient (Wildman–Crippen LogP) is 9.77. The molecule has 2 aromatic carbocycles. The molecule has 35 heavy (non-hydrogen) atoms. The van der Waals surface area contributed by atoms with Gasteiger partial charge in [0.25, 0.3) is 0 Å². The van der Waals surface area contributed by atoms with Gasteiger partial charge in [0.05, 0.1) is 0 Å². The van der Waals surface area contributed by atoms with Crippen molar-refractivity contribution in [1.29, 1.82) is 0 Å². The first kappa shape index (κ1) is 22.6. The van der Waals surface area contributed by atoms with Crippen LogP contribution < -0.4 is 0 Å². The van der Waals surface area contributed by atoms with E-state index >= 15 is 0 Å². The summed E-state index contributed by atoms with van der Waals surface area (Å²) in [7, 11) is 0. The lowest BCUT2D eigenvalue weighted by Gasteiger charge is -2.50. The highest BCUT2D eigenvalue weighted by Crippen LogP contribution is 2.68. The predicted molar refractivity (Wildman–Crippen MR) is 146 cm³/mol. The normalized spacial score (nSPS) is 40.3. The van der Waals surface area contributed by atoms with Crippen LogP contribution in [0.2, 0.25) is 0 Å². The zero-order valence-corrected chi connectivity index (χ0v) is 21.8. The van der Waals surface area contributed by atoms with E-state index in [0.717, 1.165) is 47.3 Å². The van der Waals surface area contributed by atoms with Crippen molar-refractivity contribution in [3.8, 4) is 0 Å². The molecule has 5 saturated carbocycles. The molecule has 0 spiro atoms. The second-order valence-corrected chi connectivity index (χ2v) is 13.4. The zero-order valence-electron chi connectivity index (χ0n) is 21.8. The largest absolute Gasteiger partial charge is 0.0622 e. The number of benzene rings is 2. The lowest BCUT2D eigenvalue weighted by Crippen LogP contribution is -2.43. The summed E-state index contributed by atoms with van der Waals surface area (Å²) >= 11 is 0. The van der Waals surface area contributed by atoms with E-state index in [1.165, 1.54) is 64.2 Å². The SMILES string of the molecule is c1ccc(C2CCCC3C2CCC3C2(C3CCC4C(c5ccccc5)CCCC43)CCCC2)cc1. The minimum Gasteiger partial charge on any atom is -0.0622 e. The monoisotopic (exact) mass is 466 g/mol. The highest BCUT2D eigenvalue weighted by atomic mass is 14.6. The van der Waals surface area contributed by atoms with Crippen LogP contribution in [-0.4, -0.2) is 0 Å². The second kappa shape index (κ2) is 9.39. The Bertz CT molecular complexity index is 894. The maximum absolute atomic E-state index is 2.44. The van der Waals surface area contributed by atoms with Crippen molar-refractivity contribution < 1.29 is 0 Å². The summed E-state index contributed by atoms with van der Waals surface area (Å²) in [6.45, 7) is 0. The van der Waals surface area contributed by atoms with Crippen LogP contribution in [0.3, 0.4) is 0 Å². The van der Waals surface area contributed by atoms with Gasteiger partial charge < -0.3 is 0 Å². The first-order chi connectivity index (χ1) is 17.4. The molecule has 5 aliphatic carbocycles. The van der Waals surface area contributed by atoms with Crippen LogP contribution >= 0.6 is 0 Å². The van der Waals surface area contributed by atoms with Gasteiger partial charge in [0.15, 0.2) is 0 Å². The molecule has 8 atom stereocenters. The summed E-state index contributed by atoms with van der Waals surface area (Å²) in [6.07, 6.45) is 21.2. The maximum Gasteiger partial charge on any atom is -0.0131 e. The molecule has 0 aromatic heterocycles. The molecule has 0 radical (unpaired) electrons. The number of hydrogen-bond acceptors (Lipinski definition) is 0. The van der Waals surface area contributed by atoms with Crippen molar-refractivity contribution >= 4 is 0 Å². The smallest absolute Gasteiger partial charge is 0.0131 e. The number of fused-ring (bicyclic) bond motifs is 2. The van der Waals surface area contributed by atoms with Crippen molar-refractivity contribution in [2.75, 3.05) is 0 Å². The average Bonchev–Trinajstić information content (AvgIpc) is 3.68. The molecule has 186 valence electrons. The molecule has 5 fully saturated rings. The molecule has 0 heterocycles. The van der Waals surface area contributed by atoms with E-state index in [1.807, 2.05) is 0 Å². The van der Waals surface area contributed by atoms with Gasteiger partial charge in [-0.05, 0) is 128 Å². The van der Waals surface area contributed by atoms with Crippen molar-refractivity contribution in [3.05, 3.63) is 71.8 Å². The molecule has 2 aromatic rings. The highest BCUT2D eigenvalue weighted by Gasteiger charge is 2.59. The summed E-state index contributed by atoms with van der Waals surface area (Å²) in [6, 6.07) is 23.3. The van der Waals surface area contributed by atoms with Gasteiger partial charge in [-0.25, -0.2) is 0 Å². The maximum atomic E-state index is 2.44. The minimum atomic E-state index is 0.690. The summed E-state index contributed by atoms with van der Waals surface area (Å²) < 4.78 is 0. The molecule has 0 heteroatoms. The van der Waals surface area contributed by atoms with Crippen LogP contribution in [0.1, 0.15) is 113 Å². The second-order valence-electron chi connectivity index (χ2n) is 13.4. The highest BCUT2D eigenvalue weighted by molar-refractivity contribution is 5.24. The minimum absolute atomic E-state index is 0.690. The lowest BCUT2D eigenvalue weighted by molar-refractivity contribution is -0.00402. The summed E-state index contributed by atoms with van der Waals surface area (Å²) in [4.78, 5) is 0. The summed E-state index contributed by atoms with van der Waals surface area (Å²) in [5.41, 5.74) is 4.00. The third kappa shape index (κ3) is 3.76. The molecular formula is C35H46. The van der Waals surface area contributed by atoms with Crippen LogP contribution in [-0.2, 0) is 0 Å². The van der Waals surface area contributed by atoms with Crippen LogP contribution in [0.5, 0.6) is 0 Å². The van der Waals surface area contributed by atoms with Gasteiger partial charge in [-0.2, -0.15) is 0 Å². The zero-order chi connectivity index (χ0) is 23.2. The van der Waals surface area contributed by atoms with E-state index in [4.69, 9.17) is 0 Å². The van der Waals surface area contributed by atoms with Gasteiger partial charge in [0.1, 0.15) is 0 Å². The molecule has 0 bridgehead atoms. The van der Waals surface area contributed by atoms with Gasteiger partial charge in [-0.15, -0.1) is 0 Å². The Morgan fingerprint density at radius 1 is 0.429 bits per heavy atom. The van der Waals surface area contributed by atoms with Crippen molar-refractivity contribution in [2.45, 2.75) is 102 Å². The van der Waals surface area contributed by atoms with E-state index in [-0.39, 0.29) is 0 Å². The van der Waals surface area contributed by atoms with Crippen LogP contribution in [0.4, 0.5) is 0 Å². The molecule has 0 aliphatic heterocycles. The lowest BCUT2D eigenvalue weighted by atomic mass is 9.55. The van der Waals surface area contributed by atoms with Crippen molar-refractivity contribution in [2.24, 2.45) is 40.9 Å². The average molecular weight is 467 g/mol. The fraction of sp³-hybridized carbons (Fsp3) is 0.657. The van der Waals surface area contributed by atoms with E-state index in [0.29, 0.717) is 5.41 Å². The Labute approximate surface area is 214 Å². The van der Waals surface area contributed by atoms with Gasteiger partial charge in [0.2, 0.25) is 0 Å². The summed E-state index contributed by atoms with van der Waals surface area (Å²) in [5.74, 6) is 7.70. The Balaban J connectivity index is 1.17. The first-order valence-electron chi connectivity index (χ1n) is 15.4.